The molecular formula is C18H19FN4O. The lowest BCUT2D eigenvalue weighted by molar-refractivity contribution is 0.0928. The van der Waals surface area contributed by atoms with E-state index < -0.39 is 0 Å². The van der Waals surface area contributed by atoms with Crippen molar-refractivity contribution >= 4 is 16.8 Å². The predicted octanol–water partition coefficient (Wildman–Crippen LogP) is 3.33. The molecule has 6 heteroatoms. The molecule has 0 bridgehead atoms. The molecule has 1 aromatic carbocycles. The van der Waals surface area contributed by atoms with Crippen LogP contribution in [0.1, 0.15) is 47.6 Å². The summed E-state index contributed by atoms with van der Waals surface area (Å²) in [5.41, 5.74) is 3.53. The first kappa shape index (κ1) is 14.9. The van der Waals surface area contributed by atoms with Gasteiger partial charge in [0.2, 0.25) is 0 Å². The Kier molecular flexibility index (Phi) is 3.59. The number of carbonyl (C=O) groups is 1. The molecular weight excluding hydrogens is 307 g/mol. The van der Waals surface area contributed by atoms with Crippen molar-refractivity contribution in [1.29, 1.82) is 0 Å². The minimum atomic E-state index is -0.308. The van der Waals surface area contributed by atoms with Gasteiger partial charge in [-0.2, -0.15) is 5.10 Å². The van der Waals surface area contributed by atoms with Crippen molar-refractivity contribution in [2.45, 2.75) is 38.8 Å². The van der Waals surface area contributed by atoms with E-state index in [0.29, 0.717) is 11.1 Å². The van der Waals surface area contributed by atoms with Crippen molar-refractivity contribution in [3.8, 4) is 0 Å². The lowest BCUT2D eigenvalue weighted by Gasteiger charge is -2.23. The maximum absolute atomic E-state index is 13.3. The van der Waals surface area contributed by atoms with Gasteiger partial charge in [-0.1, -0.05) is 0 Å². The summed E-state index contributed by atoms with van der Waals surface area (Å²) in [5.74, 6) is -0.480. The second-order valence-electron chi connectivity index (χ2n) is 6.20. The van der Waals surface area contributed by atoms with Crippen molar-refractivity contribution in [3.05, 3.63) is 53.2 Å². The Morgan fingerprint density at radius 3 is 3.17 bits per heavy atom. The smallest absolute Gasteiger partial charge is 0.268 e. The lowest BCUT2D eigenvalue weighted by Crippen LogP contribution is -2.31. The Bertz CT molecular complexity index is 911. The number of aryl methyl sites for hydroxylation is 1. The van der Waals surface area contributed by atoms with Gasteiger partial charge in [-0.15, -0.1) is 0 Å². The van der Waals surface area contributed by atoms with Gasteiger partial charge in [0.05, 0.1) is 12.2 Å². The second-order valence-corrected chi connectivity index (χ2v) is 6.20. The predicted molar refractivity (Wildman–Crippen MR) is 89.3 cm³/mol. The standard InChI is InChI=1S/C18H19FN4O/c1-2-23-17-5-3-4-15(13(17)10-20-23)22-18(24)16-9-11-8-12(19)6-7-14(11)21-16/h6-10,15,21H,2-5H2,1H3,(H,22,24). The third kappa shape index (κ3) is 2.48. The molecule has 2 N–H and O–H groups in total. The zero-order chi connectivity index (χ0) is 16.7. The number of halogens is 1. The molecule has 2 aromatic heterocycles. The average molecular weight is 326 g/mol. The van der Waals surface area contributed by atoms with Crippen molar-refractivity contribution in [2.75, 3.05) is 0 Å². The normalized spacial score (nSPS) is 17.0. The molecule has 1 amide bonds. The van der Waals surface area contributed by atoms with E-state index >= 15 is 0 Å². The van der Waals surface area contributed by atoms with Crippen LogP contribution in [0.2, 0.25) is 0 Å². The number of hydrogen-bond donors (Lipinski definition) is 2. The zero-order valence-corrected chi connectivity index (χ0v) is 13.5. The summed E-state index contributed by atoms with van der Waals surface area (Å²) in [6.07, 6.45) is 4.80. The van der Waals surface area contributed by atoms with Gasteiger partial charge in [-0.3, -0.25) is 9.48 Å². The SMILES string of the molecule is CCn1ncc2c1CCCC2NC(=O)c1cc2cc(F)ccc2[nH]1. The summed E-state index contributed by atoms with van der Waals surface area (Å²) in [7, 11) is 0. The van der Waals surface area contributed by atoms with Crippen LogP contribution in [0.3, 0.4) is 0 Å². The Morgan fingerprint density at radius 1 is 1.46 bits per heavy atom. The van der Waals surface area contributed by atoms with Gasteiger partial charge in [0.25, 0.3) is 5.91 Å². The van der Waals surface area contributed by atoms with E-state index in [2.05, 4.69) is 22.3 Å². The fourth-order valence-electron chi connectivity index (χ4n) is 3.50. The topological polar surface area (TPSA) is 62.7 Å². The summed E-state index contributed by atoms with van der Waals surface area (Å²) in [6.45, 7) is 2.91. The number of aromatic amines is 1. The van der Waals surface area contributed by atoms with E-state index in [9.17, 15) is 9.18 Å². The van der Waals surface area contributed by atoms with E-state index in [0.717, 1.165) is 36.9 Å². The molecule has 1 atom stereocenters. The summed E-state index contributed by atoms with van der Waals surface area (Å²) < 4.78 is 15.3. The molecule has 5 nitrogen and oxygen atoms in total. The van der Waals surface area contributed by atoms with Gasteiger partial charge in [0.15, 0.2) is 0 Å². The van der Waals surface area contributed by atoms with Gasteiger partial charge >= 0.3 is 0 Å². The summed E-state index contributed by atoms with van der Waals surface area (Å²) >= 11 is 0. The first-order valence-corrected chi connectivity index (χ1v) is 8.29. The van der Waals surface area contributed by atoms with Crippen LogP contribution >= 0.6 is 0 Å². The number of benzene rings is 1. The van der Waals surface area contributed by atoms with Crippen LogP contribution in [0, 0.1) is 5.82 Å². The number of aromatic nitrogens is 3. The van der Waals surface area contributed by atoms with Crippen molar-refractivity contribution in [1.82, 2.24) is 20.1 Å². The quantitative estimate of drug-likeness (QED) is 0.775. The maximum Gasteiger partial charge on any atom is 0.268 e. The van der Waals surface area contributed by atoms with E-state index in [4.69, 9.17) is 0 Å². The first-order chi connectivity index (χ1) is 11.7. The number of carbonyl (C=O) groups excluding carboxylic acids is 1. The van der Waals surface area contributed by atoms with Crippen LogP contribution in [0.4, 0.5) is 4.39 Å². The molecule has 0 fully saturated rings. The van der Waals surface area contributed by atoms with E-state index in [1.807, 2.05) is 10.9 Å². The minimum Gasteiger partial charge on any atom is -0.351 e. The summed E-state index contributed by atoms with van der Waals surface area (Å²) in [5, 5.41) is 8.19. The number of hydrogen-bond acceptors (Lipinski definition) is 2. The molecule has 1 aliphatic rings. The highest BCUT2D eigenvalue weighted by Crippen LogP contribution is 2.30. The highest BCUT2D eigenvalue weighted by molar-refractivity contribution is 5.98. The third-order valence-corrected chi connectivity index (χ3v) is 4.70. The Labute approximate surface area is 138 Å². The number of rotatable bonds is 3. The number of amides is 1. The molecule has 2 heterocycles. The third-order valence-electron chi connectivity index (χ3n) is 4.70. The highest BCUT2D eigenvalue weighted by Gasteiger charge is 2.26. The van der Waals surface area contributed by atoms with Crippen LogP contribution in [0.5, 0.6) is 0 Å². The van der Waals surface area contributed by atoms with Crippen LogP contribution in [-0.2, 0) is 13.0 Å². The number of fused-ring (bicyclic) bond motifs is 2. The molecule has 0 aliphatic heterocycles. The van der Waals surface area contributed by atoms with Crippen LogP contribution in [-0.4, -0.2) is 20.7 Å². The lowest BCUT2D eigenvalue weighted by atomic mass is 9.93. The molecule has 0 saturated carbocycles. The molecule has 0 saturated heterocycles. The molecule has 1 unspecified atom stereocenters. The van der Waals surface area contributed by atoms with Gasteiger partial charge < -0.3 is 10.3 Å². The van der Waals surface area contributed by atoms with Gasteiger partial charge in [-0.05, 0) is 50.5 Å². The number of nitrogens with zero attached hydrogens (tertiary/aromatic N) is 2. The molecule has 1 aliphatic carbocycles. The van der Waals surface area contributed by atoms with Crippen LogP contribution in [0.15, 0.2) is 30.5 Å². The van der Waals surface area contributed by atoms with E-state index in [1.54, 1.807) is 12.1 Å². The molecule has 124 valence electrons. The van der Waals surface area contributed by atoms with Crippen LogP contribution < -0.4 is 5.32 Å². The number of nitrogens with one attached hydrogen (secondary N) is 2. The highest BCUT2D eigenvalue weighted by atomic mass is 19.1. The minimum absolute atomic E-state index is 0.0234. The second kappa shape index (κ2) is 5.78. The van der Waals surface area contributed by atoms with Crippen molar-refractivity contribution in [2.24, 2.45) is 0 Å². The Hall–Kier alpha value is -2.63. The monoisotopic (exact) mass is 326 g/mol. The van der Waals surface area contributed by atoms with Gasteiger partial charge in [0, 0.05) is 28.7 Å². The van der Waals surface area contributed by atoms with E-state index in [-0.39, 0.29) is 17.8 Å². The van der Waals surface area contributed by atoms with Crippen molar-refractivity contribution in [3.63, 3.8) is 0 Å². The largest absolute Gasteiger partial charge is 0.351 e. The molecule has 0 radical (unpaired) electrons. The molecule has 0 spiro atoms. The molecule has 3 aromatic rings. The van der Waals surface area contributed by atoms with Gasteiger partial charge in [-0.25, -0.2) is 4.39 Å². The van der Waals surface area contributed by atoms with Crippen LogP contribution in [0.25, 0.3) is 10.9 Å². The van der Waals surface area contributed by atoms with E-state index in [1.165, 1.54) is 17.8 Å². The summed E-state index contributed by atoms with van der Waals surface area (Å²) in [6, 6.07) is 6.11. The zero-order valence-electron chi connectivity index (χ0n) is 13.5. The molecule has 24 heavy (non-hydrogen) atoms. The van der Waals surface area contributed by atoms with Crippen molar-refractivity contribution < 1.29 is 9.18 Å². The molecule has 4 rings (SSSR count). The Morgan fingerprint density at radius 2 is 2.33 bits per heavy atom. The summed E-state index contributed by atoms with van der Waals surface area (Å²) in [4.78, 5) is 15.6. The maximum atomic E-state index is 13.3. The first-order valence-electron chi connectivity index (χ1n) is 8.29. The van der Waals surface area contributed by atoms with Gasteiger partial charge in [0.1, 0.15) is 11.5 Å². The number of H-pyrrole nitrogens is 1. The fourth-order valence-corrected chi connectivity index (χ4v) is 3.50. The Balaban J connectivity index is 1.59. The fraction of sp³-hybridized carbons (Fsp3) is 0.333. The average Bonchev–Trinajstić information content (AvgIpc) is 3.18.